The number of nitrogens with one attached hydrogen (secondary N) is 2. The monoisotopic (exact) mass is 277 g/mol. The Labute approximate surface area is 113 Å². The van der Waals surface area contributed by atoms with E-state index in [1.165, 1.54) is 6.33 Å². The van der Waals surface area contributed by atoms with Crippen molar-refractivity contribution in [1.29, 1.82) is 0 Å². The van der Waals surface area contributed by atoms with E-state index in [1.54, 1.807) is 6.20 Å². The van der Waals surface area contributed by atoms with Crippen LogP contribution in [0.2, 0.25) is 0 Å². The third-order valence-electron chi connectivity index (χ3n) is 3.73. The van der Waals surface area contributed by atoms with Crippen LogP contribution in [-0.2, 0) is 6.54 Å². The molecule has 8 heteroatoms. The summed E-state index contributed by atoms with van der Waals surface area (Å²) in [6.07, 6.45) is 2.60. The molecule has 1 saturated heterocycles. The first-order valence-corrected chi connectivity index (χ1v) is 6.42. The Morgan fingerprint density at radius 3 is 3.10 bits per heavy atom. The zero-order chi connectivity index (χ0) is 14.1. The fourth-order valence-corrected chi connectivity index (χ4v) is 2.71. The van der Waals surface area contributed by atoms with Crippen molar-refractivity contribution < 1.29 is 5.11 Å². The molecule has 1 fully saturated rings. The van der Waals surface area contributed by atoms with Crippen LogP contribution in [0, 0.1) is 10.8 Å². The molecule has 0 saturated carbocycles. The van der Waals surface area contributed by atoms with E-state index in [-0.39, 0.29) is 18.0 Å². The van der Waals surface area contributed by atoms with Gasteiger partial charge in [-0.05, 0) is 0 Å². The van der Waals surface area contributed by atoms with Crippen molar-refractivity contribution in [3.63, 3.8) is 0 Å². The molecule has 20 heavy (non-hydrogen) atoms. The van der Waals surface area contributed by atoms with Gasteiger partial charge in [0.15, 0.2) is 0 Å². The third-order valence-corrected chi connectivity index (χ3v) is 3.73. The molecule has 2 atom stereocenters. The van der Waals surface area contributed by atoms with Crippen LogP contribution in [-0.4, -0.2) is 50.7 Å². The van der Waals surface area contributed by atoms with Gasteiger partial charge in [-0.15, -0.1) is 0 Å². The Kier molecular flexibility index (Phi) is 3.33. The quantitative estimate of drug-likeness (QED) is 0.670. The second kappa shape index (κ2) is 5.14. The maximum atomic E-state index is 11.6. The molecule has 3 heterocycles. The highest BCUT2D eigenvalue weighted by atomic mass is 16.3. The highest BCUT2D eigenvalue weighted by Gasteiger charge is 2.31. The summed E-state index contributed by atoms with van der Waals surface area (Å²) in [7, 11) is 0. The SMILES string of the molecule is O=NC[C@H]1CN(Cc2c[nH]c3c(=O)[nH]cnc23)C[C@@H]1O. The van der Waals surface area contributed by atoms with Crippen molar-refractivity contribution in [3.8, 4) is 0 Å². The number of likely N-dealkylation sites (tertiary alicyclic amines) is 1. The number of nitroso groups, excluding NO2 is 1. The molecule has 8 nitrogen and oxygen atoms in total. The Morgan fingerprint density at radius 1 is 1.45 bits per heavy atom. The summed E-state index contributed by atoms with van der Waals surface area (Å²) < 4.78 is 0. The Bertz CT molecular complexity index is 679. The van der Waals surface area contributed by atoms with Crippen molar-refractivity contribution in [1.82, 2.24) is 19.9 Å². The number of aliphatic hydroxyl groups is 1. The van der Waals surface area contributed by atoms with E-state index in [9.17, 15) is 14.8 Å². The Balaban J connectivity index is 1.79. The van der Waals surface area contributed by atoms with Crippen LogP contribution in [0.1, 0.15) is 5.56 Å². The average Bonchev–Trinajstić information content (AvgIpc) is 2.97. The minimum atomic E-state index is -0.533. The molecule has 3 rings (SSSR count). The predicted octanol–water partition coefficient (Wildman–Crippen LogP) is -0.190. The van der Waals surface area contributed by atoms with Gasteiger partial charge in [-0.3, -0.25) is 9.69 Å². The summed E-state index contributed by atoms with van der Waals surface area (Å²) in [5, 5.41) is 12.7. The number of β-amino-alcohol motifs (C(OH)–C–C–N with tert-alkyl or cyclic N) is 1. The second-order valence-corrected chi connectivity index (χ2v) is 5.10. The van der Waals surface area contributed by atoms with Gasteiger partial charge in [-0.2, -0.15) is 4.91 Å². The van der Waals surface area contributed by atoms with Crippen molar-refractivity contribution in [2.75, 3.05) is 19.6 Å². The van der Waals surface area contributed by atoms with E-state index in [1.807, 2.05) is 4.90 Å². The summed E-state index contributed by atoms with van der Waals surface area (Å²) >= 11 is 0. The zero-order valence-electron chi connectivity index (χ0n) is 10.7. The molecule has 2 aromatic heterocycles. The van der Waals surface area contributed by atoms with Crippen LogP contribution in [0.5, 0.6) is 0 Å². The Morgan fingerprint density at radius 2 is 2.30 bits per heavy atom. The maximum absolute atomic E-state index is 11.6. The molecule has 0 spiro atoms. The van der Waals surface area contributed by atoms with Gasteiger partial charge in [0.1, 0.15) is 5.52 Å². The van der Waals surface area contributed by atoms with Crippen molar-refractivity contribution in [3.05, 3.63) is 33.3 Å². The predicted molar refractivity (Wildman–Crippen MR) is 72.2 cm³/mol. The van der Waals surface area contributed by atoms with Gasteiger partial charge in [0, 0.05) is 37.3 Å². The van der Waals surface area contributed by atoms with Crippen molar-refractivity contribution in [2.45, 2.75) is 12.6 Å². The second-order valence-electron chi connectivity index (χ2n) is 5.10. The largest absolute Gasteiger partial charge is 0.391 e. The Hall–Kier alpha value is -2.06. The highest BCUT2D eigenvalue weighted by Crippen LogP contribution is 2.21. The normalized spacial score (nSPS) is 23.4. The van der Waals surface area contributed by atoms with E-state index < -0.39 is 6.10 Å². The molecule has 0 aliphatic carbocycles. The van der Waals surface area contributed by atoms with Crippen LogP contribution in [0.15, 0.2) is 22.5 Å². The summed E-state index contributed by atoms with van der Waals surface area (Å²) in [5.74, 6) is -0.117. The summed E-state index contributed by atoms with van der Waals surface area (Å²) in [4.78, 5) is 33.5. The number of hydrogen-bond acceptors (Lipinski definition) is 6. The number of H-pyrrole nitrogens is 2. The first kappa shape index (κ1) is 12.9. The lowest BCUT2D eigenvalue weighted by Crippen LogP contribution is -2.21. The fourth-order valence-electron chi connectivity index (χ4n) is 2.71. The molecule has 2 aromatic rings. The van der Waals surface area contributed by atoms with E-state index in [0.29, 0.717) is 30.7 Å². The number of aromatic amines is 2. The van der Waals surface area contributed by atoms with Gasteiger partial charge in [0.2, 0.25) is 0 Å². The van der Waals surface area contributed by atoms with Crippen LogP contribution < -0.4 is 5.56 Å². The first-order chi connectivity index (χ1) is 9.69. The zero-order valence-corrected chi connectivity index (χ0v) is 10.7. The molecule has 1 aliphatic heterocycles. The summed E-state index contributed by atoms with van der Waals surface area (Å²) in [6, 6.07) is 0. The standard InChI is InChI=1S/C12H15N5O3/c18-9-5-17(3-7(9)2-16-20)4-8-1-13-11-10(8)14-6-15-12(11)19/h1,6-7,9,13,18H,2-5H2,(H,14,15,19)/t7-,9-/m0/s1. The van der Waals surface area contributed by atoms with Gasteiger partial charge in [-0.1, -0.05) is 5.18 Å². The minimum Gasteiger partial charge on any atom is -0.391 e. The molecule has 0 radical (unpaired) electrons. The number of fused-ring (bicyclic) bond motifs is 1. The lowest BCUT2D eigenvalue weighted by molar-refractivity contribution is 0.144. The smallest absolute Gasteiger partial charge is 0.275 e. The minimum absolute atomic E-state index is 0.117. The lowest BCUT2D eigenvalue weighted by atomic mass is 10.1. The number of aromatic nitrogens is 3. The molecular formula is C12H15N5O3. The molecule has 0 amide bonds. The molecule has 106 valence electrons. The number of hydrogen-bond donors (Lipinski definition) is 3. The van der Waals surface area contributed by atoms with Crippen LogP contribution in [0.4, 0.5) is 0 Å². The number of nitrogens with zero attached hydrogens (tertiary/aromatic N) is 3. The highest BCUT2D eigenvalue weighted by molar-refractivity contribution is 5.77. The van der Waals surface area contributed by atoms with Gasteiger partial charge in [0.25, 0.3) is 5.56 Å². The summed E-state index contributed by atoms with van der Waals surface area (Å²) in [5.41, 5.74) is 1.79. The van der Waals surface area contributed by atoms with Crippen LogP contribution in [0.25, 0.3) is 11.0 Å². The lowest BCUT2D eigenvalue weighted by Gasteiger charge is -2.13. The van der Waals surface area contributed by atoms with Crippen LogP contribution >= 0.6 is 0 Å². The fraction of sp³-hybridized carbons (Fsp3) is 0.500. The third kappa shape index (κ3) is 2.23. The van der Waals surface area contributed by atoms with Crippen molar-refractivity contribution >= 4 is 11.0 Å². The van der Waals surface area contributed by atoms with E-state index in [4.69, 9.17) is 0 Å². The number of rotatable bonds is 4. The molecular weight excluding hydrogens is 262 g/mol. The molecule has 3 N–H and O–H groups in total. The molecule has 0 unspecified atom stereocenters. The van der Waals surface area contributed by atoms with Gasteiger partial charge >= 0.3 is 0 Å². The molecule has 1 aliphatic rings. The maximum Gasteiger partial charge on any atom is 0.275 e. The van der Waals surface area contributed by atoms with Crippen LogP contribution in [0.3, 0.4) is 0 Å². The average molecular weight is 277 g/mol. The topological polar surface area (TPSA) is 114 Å². The molecule has 0 bridgehead atoms. The van der Waals surface area contributed by atoms with Gasteiger partial charge in [0.05, 0.1) is 24.5 Å². The first-order valence-electron chi connectivity index (χ1n) is 6.42. The van der Waals surface area contributed by atoms with Gasteiger partial charge in [-0.25, -0.2) is 4.98 Å². The van der Waals surface area contributed by atoms with E-state index in [0.717, 1.165) is 5.56 Å². The van der Waals surface area contributed by atoms with Gasteiger partial charge < -0.3 is 15.1 Å². The van der Waals surface area contributed by atoms with Crippen molar-refractivity contribution in [2.24, 2.45) is 11.1 Å². The summed E-state index contributed by atoms with van der Waals surface area (Å²) in [6.45, 7) is 1.81. The van der Waals surface area contributed by atoms with E-state index >= 15 is 0 Å². The molecule has 0 aromatic carbocycles. The van der Waals surface area contributed by atoms with E-state index in [2.05, 4.69) is 20.1 Å². The number of aliphatic hydroxyl groups excluding tert-OH is 1.